The average molecular weight is 1650 g/mol. The lowest BCUT2D eigenvalue weighted by molar-refractivity contribution is -0.137. The van der Waals surface area contributed by atoms with Crippen molar-refractivity contribution in [2.45, 2.75) is 356 Å². The summed E-state index contributed by atoms with van der Waals surface area (Å²) in [6.07, 6.45) is 42.6. The minimum Gasteiger partial charge on any atom is -0.481 e. The lowest BCUT2D eigenvalue weighted by atomic mass is 9.68. The number of aliphatic carboxylic acids is 2. The minimum atomic E-state index is -0.957. The molecule has 12 bridgehead atoms. The molecule has 12 fully saturated rings. The summed E-state index contributed by atoms with van der Waals surface area (Å²) in [5.74, 6) is 1.74. The Labute approximate surface area is 704 Å². The third kappa shape index (κ3) is 19.0. The maximum absolute atomic E-state index is 14.3. The Morgan fingerprint density at radius 1 is 0.375 bits per heavy atom. The molecule has 3 aromatic heterocycles. The molecule has 0 spiro atoms. The molecule has 26 heteroatoms. The maximum Gasteiger partial charge on any atom is 0.303 e. The molecular formula is C94H128N14O12. The summed E-state index contributed by atoms with van der Waals surface area (Å²) in [6, 6.07) is 28.2. The number of primary amides is 2. The van der Waals surface area contributed by atoms with Crippen LogP contribution in [-0.4, -0.2) is 168 Å². The largest absolute Gasteiger partial charge is 0.481 e. The zero-order valence-electron chi connectivity index (χ0n) is 71.1. The van der Waals surface area contributed by atoms with Gasteiger partial charge >= 0.3 is 11.9 Å². The molecule has 6 saturated carbocycles. The Hall–Kier alpha value is -8.75. The predicted octanol–water partition coefficient (Wildman–Crippen LogP) is 14.8. The second-order valence-electron chi connectivity index (χ2n) is 38.4. The number of rotatable bonds is 23. The maximum atomic E-state index is 14.3. The van der Waals surface area contributed by atoms with E-state index in [2.05, 4.69) is 35.2 Å². The van der Waals surface area contributed by atoms with Crippen molar-refractivity contribution in [3.63, 3.8) is 0 Å². The van der Waals surface area contributed by atoms with Crippen molar-refractivity contribution in [2.24, 2.45) is 62.4 Å². The normalized spacial score (nSPS) is 30.9. The number of fused-ring (bicyclic) bond motifs is 15. The van der Waals surface area contributed by atoms with Crippen molar-refractivity contribution < 1.29 is 43.9 Å². The number of oxime groups is 3. The van der Waals surface area contributed by atoms with Crippen molar-refractivity contribution >= 4 is 74.0 Å². The SMILES string of the molecule is CC(C)O/N=C(\CCC(=O)O)c1nc2ccccc2n(C2C[C@H]3CCC[C@@H](C2)N3C2C[C@H]3CCC[C@@H](C2)C3)c1=O.CC(C)O/N=C(\CCC(=O)O)c1nc2ccccc2n(C2C[C@H]3CC[C@@H](C2)N3C2C[C@H]3CCCC[C@@H](C2)C3)c1=O.NC(=O)CO/N=C(\C(N)=O)c1nc2ccccc2n(C2C[C@H]3CCC[C@@H](C2)N3C2C[C@H]3CCCC[C@@H](C2)C3)c1=O. The van der Waals surface area contributed by atoms with Gasteiger partial charge in [-0.1, -0.05) is 135 Å². The number of hydrogen-bond acceptors (Lipinski definition) is 19. The van der Waals surface area contributed by atoms with Crippen LogP contribution in [0.15, 0.2) is 103 Å². The zero-order valence-corrected chi connectivity index (χ0v) is 71.1. The molecule has 18 atom stereocenters. The van der Waals surface area contributed by atoms with Gasteiger partial charge in [0.1, 0.15) is 23.6 Å². The zero-order chi connectivity index (χ0) is 83.4. The number of benzene rings is 3. The molecule has 6 N–H and O–H groups in total. The van der Waals surface area contributed by atoms with Crippen molar-refractivity contribution in [3.05, 3.63) is 121 Å². The van der Waals surface area contributed by atoms with Crippen LogP contribution in [0, 0.1) is 35.5 Å². The van der Waals surface area contributed by atoms with Crippen molar-refractivity contribution in [1.29, 1.82) is 0 Å². The highest BCUT2D eigenvalue weighted by Gasteiger charge is 2.50. The van der Waals surface area contributed by atoms with E-state index in [1.165, 1.54) is 167 Å². The van der Waals surface area contributed by atoms with Crippen LogP contribution in [0.5, 0.6) is 0 Å². The van der Waals surface area contributed by atoms with E-state index >= 15 is 0 Å². The van der Waals surface area contributed by atoms with Gasteiger partial charge in [-0.15, -0.1) is 0 Å². The first-order valence-electron chi connectivity index (χ1n) is 46.2. The number of carboxylic acid groups (broad SMARTS) is 2. The number of hydrogen-bond donors (Lipinski definition) is 4. The number of piperidine rings is 5. The van der Waals surface area contributed by atoms with Gasteiger partial charge in [0.05, 0.1) is 45.9 Å². The molecule has 6 aliphatic carbocycles. The third-order valence-electron chi connectivity index (χ3n) is 29.6. The molecule has 0 radical (unpaired) electrons. The van der Waals surface area contributed by atoms with E-state index in [0.29, 0.717) is 71.3 Å². The minimum absolute atomic E-state index is 0.0303. The highest BCUT2D eigenvalue weighted by Crippen LogP contribution is 2.52. The summed E-state index contributed by atoms with van der Waals surface area (Å²) in [7, 11) is 0. The number of nitrogens with zero attached hydrogens (tertiary/aromatic N) is 12. The second-order valence-corrected chi connectivity index (χ2v) is 38.4. The summed E-state index contributed by atoms with van der Waals surface area (Å²) in [5, 5.41) is 30.9. The van der Waals surface area contributed by atoms with Crippen molar-refractivity contribution in [3.8, 4) is 0 Å². The van der Waals surface area contributed by atoms with Crippen molar-refractivity contribution in [2.75, 3.05) is 6.61 Å². The van der Waals surface area contributed by atoms with E-state index in [1.54, 1.807) is 0 Å². The predicted molar refractivity (Wildman–Crippen MR) is 463 cm³/mol. The van der Waals surface area contributed by atoms with Crippen LogP contribution < -0.4 is 28.1 Å². The fourth-order valence-electron chi connectivity index (χ4n) is 25.2. The topological polar surface area (TPSA) is 340 Å². The molecule has 6 saturated heterocycles. The molecule has 6 aliphatic heterocycles. The van der Waals surface area contributed by atoms with Crippen LogP contribution in [-0.2, 0) is 33.7 Å². The summed E-state index contributed by atoms with van der Waals surface area (Å²) < 4.78 is 5.75. The molecule has 12 aliphatic rings. The Kier molecular flexibility index (Phi) is 26.8. The van der Waals surface area contributed by atoms with Gasteiger partial charge in [-0.05, 0) is 234 Å². The fourth-order valence-corrected chi connectivity index (χ4v) is 25.2. The lowest BCUT2D eigenvalue weighted by Gasteiger charge is -2.55. The van der Waals surface area contributed by atoms with E-state index in [1.807, 2.05) is 114 Å². The van der Waals surface area contributed by atoms with Gasteiger partial charge in [-0.3, -0.25) is 48.3 Å². The number of amides is 2. The molecule has 3 aromatic carbocycles. The monoisotopic (exact) mass is 1640 g/mol. The molecule has 26 nitrogen and oxygen atoms in total. The van der Waals surface area contributed by atoms with Crippen LogP contribution in [0.3, 0.4) is 0 Å². The Bertz CT molecular complexity index is 4900. The smallest absolute Gasteiger partial charge is 0.303 e. The van der Waals surface area contributed by atoms with Gasteiger partial charge < -0.3 is 49.9 Å². The van der Waals surface area contributed by atoms with E-state index in [9.17, 15) is 43.8 Å². The molecule has 6 aromatic rings. The van der Waals surface area contributed by atoms with Gasteiger partial charge in [-0.2, -0.15) is 0 Å². The molecule has 2 amide bonds. The molecule has 120 heavy (non-hydrogen) atoms. The fraction of sp³-hybridized carbons (Fsp3) is 0.670. The van der Waals surface area contributed by atoms with Crippen molar-refractivity contribution in [1.82, 2.24) is 43.4 Å². The number of nitrogens with two attached hydrogens (primary N) is 2. The van der Waals surface area contributed by atoms with Gasteiger partial charge in [0, 0.05) is 85.3 Å². The Morgan fingerprint density at radius 3 is 0.992 bits per heavy atom. The van der Waals surface area contributed by atoms with Crippen LogP contribution in [0.1, 0.15) is 307 Å². The summed E-state index contributed by atoms with van der Waals surface area (Å²) >= 11 is 0. The van der Waals surface area contributed by atoms with Crippen LogP contribution >= 0.6 is 0 Å². The molecule has 6 unspecified atom stereocenters. The first-order chi connectivity index (χ1) is 58.1. The number of carbonyl (C=O) groups is 4. The number of carboxylic acids is 2. The van der Waals surface area contributed by atoms with E-state index in [0.717, 1.165) is 114 Å². The average Bonchev–Trinajstić information content (AvgIpc) is 0.846. The first-order valence-corrected chi connectivity index (χ1v) is 46.2. The Morgan fingerprint density at radius 2 is 0.675 bits per heavy atom. The van der Waals surface area contributed by atoms with Crippen LogP contribution in [0.4, 0.5) is 0 Å². The second kappa shape index (κ2) is 37.9. The summed E-state index contributed by atoms with van der Waals surface area (Å²) in [4.78, 5) is 127. The molecule has 646 valence electrons. The summed E-state index contributed by atoms with van der Waals surface area (Å²) in [6.45, 7) is 6.89. The highest BCUT2D eigenvalue weighted by molar-refractivity contribution is 6.44. The lowest BCUT2D eigenvalue weighted by Crippen LogP contribution is -2.58. The highest BCUT2D eigenvalue weighted by atomic mass is 16.6. The number of aromatic nitrogens is 6. The van der Waals surface area contributed by atoms with Crippen LogP contribution in [0.25, 0.3) is 33.1 Å². The van der Waals surface area contributed by atoms with Crippen LogP contribution in [0.2, 0.25) is 0 Å². The quantitative estimate of drug-likeness (QED) is 0.0342. The third-order valence-corrected chi connectivity index (χ3v) is 29.6. The molecule has 9 heterocycles. The van der Waals surface area contributed by atoms with Gasteiger partial charge in [0.25, 0.3) is 28.5 Å². The van der Waals surface area contributed by atoms with Gasteiger partial charge in [-0.25, -0.2) is 15.0 Å². The van der Waals surface area contributed by atoms with E-state index in [-0.39, 0.29) is 84.2 Å². The van der Waals surface area contributed by atoms with E-state index in [4.69, 9.17) is 35.9 Å². The first kappa shape index (κ1) is 84.8. The summed E-state index contributed by atoms with van der Waals surface area (Å²) in [5.41, 5.74) is 14.9. The molecular weight excluding hydrogens is 1520 g/mol. The Balaban J connectivity index is 0.000000134. The standard InChI is InChI=1S/2C32H44N4O4.C30H40N6O4/c1-20(2)40-34-28(13-14-30(37)38)31-32(39)36(29-12-4-3-11-27(29)33-31)26-18-23-9-6-10-24(19-26)35(23)25-16-21-7-5-8-22(15-21)17-25;1-20(2)40-34-28(13-14-30(37)38)31-32(39)36(29-10-6-5-9-27(29)33-31)26-18-23-11-12-24(19-26)35(23)25-16-21-7-3-4-8-22(15-21)17-25;31-26(37)17-40-34-27(29(32)38)28-30(39)36(25-11-4-3-10-24(25)33-28)23-15-20-8-5-9-21(16-23)35(20)22-13-18-6-1-2-7-19(12-18)14-22/h3-4,11-12,20-26H,5-10,13-19H2,1-2H3,(H,37,38);5-6,9-10,20-26H,3-4,7-8,11-19H2,1-2H3,(H,37,38);3-4,10-11,18-23H,1-2,5-9,12-17H2,(H2,31,37)(H2,32,38)/b2*34-28+;34-27-/t2*21-,22+,23-,24+,25?,26?;18-,19+,20-,21+,22?,23?. The number of carbonyl (C=O) groups excluding carboxylic acids is 2. The van der Waals surface area contributed by atoms with E-state index < -0.39 is 41.6 Å². The van der Waals surface area contributed by atoms with Gasteiger partial charge in [0.2, 0.25) is 0 Å². The molecule has 18 rings (SSSR count). The number of para-hydroxylation sites is 6. The van der Waals surface area contributed by atoms with Gasteiger partial charge in [0.15, 0.2) is 29.4 Å².